The SMILES string of the molecule is Cc1ccn2nc(C(C)Nc3ncnc4c3c(-c3cc(NS(C)(=O)=O)ccc3O)cn4COCC[Si](C)(C)C)n(-c3ccccc3)c(=O)c12. The Hall–Kier alpha value is -4.99. The third-order valence-electron chi connectivity index (χ3n) is 8.14. The van der Waals surface area contributed by atoms with Gasteiger partial charge in [0.05, 0.1) is 23.4 Å². The van der Waals surface area contributed by atoms with Crippen molar-refractivity contribution in [2.24, 2.45) is 0 Å². The fraction of sp³-hybridized carbons (Fsp3) is 0.294. The highest BCUT2D eigenvalue weighted by Crippen LogP contribution is 2.40. The van der Waals surface area contributed by atoms with Gasteiger partial charge in [-0.1, -0.05) is 37.8 Å². The Morgan fingerprint density at radius 1 is 1.04 bits per heavy atom. The first-order valence-corrected chi connectivity index (χ1v) is 21.5. The molecule has 0 aliphatic carbocycles. The predicted molar refractivity (Wildman–Crippen MR) is 195 cm³/mol. The van der Waals surface area contributed by atoms with Crippen LogP contribution in [0.5, 0.6) is 5.75 Å². The predicted octanol–water partition coefficient (Wildman–Crippen LogP) is 5.77. The lowest BCUT2D eigenvalue weighted by Gasteiger charge is -2.20. The number of ether oxygens (including phenoxy) is 1. The van der Waals surface area contributed by atoms with E-state index in [1.165, 1.54) is 18.5 Å². The highest BCUT2D eigenvalue weighted by atomic mass is 32.2. The van der Waals surface area contributed by atoms with Crippen LogP contribution in [0.2, 0.25) is 25.7 Å². The molecule has 0 spiro atoms. The molecule has 0 saturated carbocycles. The van der Waals surface area contributed by atoms with E-state index in [-0.39, 0.29) is 23.7 Å². The van der Waals surface area contributed by atoms with Crippen LogP contribution < -0.4 is 15.6 Å². The van der Waals surface area contributed by atoms with Gasteiger partial charge >= 0.3 is 0 Å². The number of phenolic OH excluding ortho intramolecular Hbond substituents is 1. The molecule has 1 atom stereocenters. The number of sulfonamides is 1. The molecule has 2 aromatic carbocycles. The number of phenols is 1. The molecule has 6 rings (SSSR count). The number of aromatic nitrogens is 6. The number of fused-ring (bicyclic) bond motifs is 2. The highest BCUT2D eigenvalue weighted by Gasteiger charge is 2.24. The van der Waals surface area contributed by atoms with E-state index < -0.39 is 24.1 Å². The molecule has 0 amide bonds. The van der Waals surface area contributed by atoms with Crippen molar-refractivity contribution in [3.8, 4) is 22.6 Å². The number of aryl methyl sites for hydroxylation is 1. The summed E-state index contributed by atoms with van der Waals surface area (Å²) < 4.78 is 37.7. The van der Waals surface area contributed by atoms with E-state index >= 15 is 0 Å². The quantitative estimate of drug-likeness (QED) is 0.0819. The minimum atomic E-state index is -3.58. The van der Waals surface area contributed by atoms with Gasteiger partial charge < -0.3 is 19.7 Å². The van der Waals surface area contributed by atoms with Crippen molar-refractivity contribution in [3.63, 3.8) is 0 Å². The molecule has 4 heterocycles. The van der Waals surface area contributed by atoms with E-state index in [1.807, 2.05) is 61.0 Å². The molecule has 15 heteroatoms. The summed E-state index contributed by atoms with van der Waals surface area (Å²) in [6.45, 7) is 11.4. The van der Waals surface area contributed by atoms with Gasteiger partial charge in [-0.25, -0.2) is 22.9 Å². The van der Waals surface area contributed by atoms with Crippen molar-refractivity contribution < 1.29 is 18.3 Å². The number of para-hydroxylation sites is 1. The molecule has 0 radical (unpaired) electrons. The number of hydrogen-bond donors (Lipinski definition) is 3. The second kappa shape index (κ2) is 13.1. The normalized spacial score (nSPS) is 12.9. The van der Waals surface area contributed by atoms with Crippen molar-refractivity contribution >= 4 is 46.2 Å². The lowest BCUT2D eigenvalue weighted by atomic mass is 10.0. The zero-order chi connectivity index (χ0) is 35.1. The van der Waals surface area contributed by atoms with Gasteiger partial charge in [0.25, 0.3) is 5.56 Å². The number of aromatic hydroxyl groups is 1. The molecule has 1 unspecified atom stereocenters. The molecule has 0 aliphatic heterocycles. The molecular weight excluding hydrogens is 661 g/mol. The number of anilines is 2. The zero-order valence-corrected chi connectivity index (χ0v) is 30.1. The van der Waals surface area contributed by atoms with Gasteiger partial charge in [0, 0.05) is 43.9 Å². The van der Waals surface area contributed by atoms with Crippen molar-refractivity contribution in [2.75, 3.05) is 22.9 Å². The number of rotatable bonds is 12. The molecular formula is C34H40N8O5SSi. The highest BCUT2D eigenvalue weighted by molar-refractivity contribution is 7.92. The van der Waals surface area contributed by atoms with Crippen molar-refractivity contribution in [3.05, 3.63) is 95.1 Å². The Balaban J connectivity index is 1.49. The van der Waals surface area contributed by atoms with Crippen LogP contribution in [0.25, 0.3) is 33.4 Å². The van der Waals surface area contributed by atoms with E-state index in [2.05, 4.69) is 39.6 Å². The fourth-order valence-corrected chi connectivity index (χ4v) is 7.03. The Bertz CT molecular complexity index is 2330. The summed E-state index contributed by atoms with van der Waals surface area (Å²) in [5.41, 5.74) is 3.51. The maximum atomic E-state index is 14.0. The van der Waals surface area contributed by atoms with Gasteiger partial charge in [-0.15, -0.1) is 0 Å². The average molecular weight is 701 g/mol. The van der Waals surface area contributed by atoms with Crippen molar-refractivity contribution in [1.82, 2.24) is 28.7 Å². The van der Waals surface area contributed by atoms with Crippen LogP contribution >= 0.6 is 0 Å². The molecule has 0 fully saturated rings. The largest absolute Gasteiger partial charge is 0.507 e. The van der Waals surface area contributed by atoms with Gasteiger partial charge in [-0.2, -0.15) is 5.10 Å². The van der Waals surface area contributed by atoms with E-state index in [9.17, 15) is 18.3 Å². The average Bonchev–Trinajstić information content (AvgIpc) is 3.60. The number of nitrogens with one attached hydrogen (secondary N) is 2. The Morgan fingerprint density at radius 3 is 2.51 bits per heavy atom. The summed E-state index contributed by atoms with van der Waals surface area (Å²) in [4.78, 5) is 23.2. The number of hydrogen-bond acceptors (Lipinski definition) is 9. The van der Waals surface area contributed by atoms with E-state index in [0.717, 1.165) is 17.9 Å². The van der Waals surface area contributed by atoms with Gasteiger partial charge in [0.15, 0.2) is 5.82 Å². The minimum absolute atomic E-state index is 0.0615. The van der Waals surface area contributed by atoms with Gasteiger partial charge in [0.2, 0.25) is 10.0 Å². The van der Waals surface area contributed by atoms with Crippen LogP contribution in [0.4, 0.5) is 11.5 Å². The van der Waals surface area contributed by atoms with Crippen LogP contribution in [0.3, 0.4) is 0 Å². The Morgan fingerprint density at radius 2 is 1.80 bits per heavy atom. The Kier molecular flexibility index (Phi) is 9.09. The molecule has 0 aliphatic rings. The molecule has 6 aromatic rings. The maximum Gasteiger partial charge on any atom is 0.282 e. The Labute approximate surface area is 285 Å². The number of nitrogens with zero attached hydrogens (tertiary/aromatic N) is 6. The molecule has 4 aromatic heterocycles. The van der Waals surface area contributed by atoms with Gasteiger partial charge in [0.1, 0.15) is 35.8 Å². The fourth-order valence-electron chi connectivity index (χ4n) is 5.71. The number of benzene rings is 2. The molecule has 0 saturated heterocycles. The molecule has 3 N–H and O–H groups in total. The van der Waals surface area contributed by atoms with Crippen LogP contribution in [0.15, 0.2) is 78.1 Å². The maximum absolute atomic E-state index is 14.0. The zero-order valence-electron chi connectivity index (χ0n) is 28.3. The lowest BCUT2D eigenvalue weighted by molar-refractivity contribution is 0.0899. The third kappa shape index (κ3) is 7.23. The second-order valence-electron chi connectivity index (χ2n) is 13.4. The summed E-state index contributed by atoms with van der Waals surface area (Å²) >= 11 is 0. The van der Waals surface area contributed by atoms with Crippen LogP contribution in [0.1, 0.15) is 24.4 Å². The van der Waals surface area contributed by atoms with E-state index in [0.29, 0.717) is 51.6 Å². The van der Waals surface area contributed by atoms with E-state index in [4.69, 9.17) is 9.84 Å². The van der Waals surface area contributed by atoms with Crippen molar-refractivity contribution in [2.45, 2.75) is 52.3 Å². The van der Waals surface area contributed by atoms with E-state index in [1.54, 1.807) is 21.3 Å². The molecule has 49 heavy (non-hydrogen) atoms. The van der Waals surface area contributed by atoms with Gasteiger partial charge in [-0.05, 0) is 61.9 Å². The van der Waals surface area contributed by atoms with Crippen molar-refractivity contribution in [1.29, 1.82) is 0 Å². The first-order valence-electron chi connectivity index (χ1n) is 15.9. The lowest BCUT2D eigenvalue weighted by Crippen LogP contribution is -2.29. The first kappa shape index (κ1) is 33.9. The topological polar surface area (TPSA) is 158 Å². The molecule has 13 nitrogen and oxygen atoms in total. The second-order valence-corrected chi connectivity index (χ2v) is 20.7. The smallest absolute Gasteiger partial charge is 0.282 e. The summed E-state index contributed by atoms with van der Waals surface area (Å²) in [5, 5.41) is 20.0. The third-order valence-corrected chi connectivity index (χ3v) is 10.4. The van der Waals surface area contributed by atoms with Crippen LogP contribution in [-0.2, 0) is 21.5 Å². The van der Waals surface area contributed by atoms with Crippen LogP contribution in [0, 0.1) is 6.92 Å². The standard InChI is InChI=1S/C34H40N8O5SSi/c1-22-14-15-41-30(22)34(44)42(25-10-8-7-9-11-25)32(38-41)23(2)37-31-29-27(26-18-24(12-13-28(26)43)39-48(3,45)46)19-40(33(29)36-20-35-31)21-47-16-17-49(4,5)6/h7-15,18-20,23,39,43H,16-17,21H2,1-6H3,(H,35,36,37). The first-order chi connectivity index (χ1) is 23.2. The summed E-state index contributed by atoms with van der Waals surface area (Å²) in [7, 11) is -4.91. The molecule has 0 bridgehead atoms. The summed E-state index contributed by atoms with van der Waals surface area (Å²) in [6, 6.07) is 16.1. The summed E-state index contributed by atoms with van der Waals surface area (Å²) in [5.74, 6) is 0.810. The summed E-state index contributed by atoms with van der Waals surface area (Å²) in [6.07, 6.45) is 6.09. The molecule has 256 valence electrons. The minimum Gasteiger partial charge on any atom is -0.507 e. The monoisotopic (exact) mass is 700 g/mol. The van der Waals surface area contributed by atoms with Gasteiger partial charge in [-0.3, -0.25) is 14.1 Å². The van der Waals surface area contributed by atoms with Crippen LogP contribution in [-0.4, -0.2) is 63.2 Å².